The summed E-state index contributed by atoms with van der Waals surface area (Å²) in [5, 5.41) is 4.53. The zero-order valence-corrected chi connectivity index (χ0v) is 12.7. The molecule has 106 valence electrons. The van der Waals surface area contributed by atoms with Crippen molar-refractivity contribution in [1.29, 1.82) is 0 Å². The Morgan fingerprint density at radius 2 is 2.16 bits per heavy atom. The van der Waals surface area contributed by atoms with Crippen LogP contribution in [0.5, 0.6) is 0 Å². The monoisotopic (exact) mass is 284 g/mol. The van der Waals surface area contributed by atoms with Crippen LogP contribution in [0, 0.1) is 6.92 Å². The van der Waals surface area contributed by atoms with E-state index < -0.39 is 0 Å². The van der Waals surface area contributed by atoms with Crippen molar-refractivity contribution in [3.8, 4) is 0 Å². The fraction of sp³-hybridized carbons (Fsp3) is 0.692. The minimum atomic E-state index is 0.217. The van der Waals surface area contributed by atoms with Gasteiger partial charge in [0.2, 0.25) is 0 Å². The lowest BCUT2D eigenvalue weighted by molar-refractivity contribution is 0.162. The first-order valence-corrected chi connectivity index (χ1v) is 7.16. The molecule has 0 bridgehead atoms. The molecule has 0 saturated carbocycles. The number of aryl methyl sites for hydroxylation is 3. The summed E-state index contributed by atoms with van der Waals surface area (Å²) in [7, 11) is 1.72. The number of imidazole rings is 1. The van der Waals surface area contributed by atoms with Gasteiger partial charge >= 0.3 is 0 Å². The minimum Gasteiger partial charge on any atom is -0.383 e. The maximum Gasteiger partial charge on any atom is 0.159 e. The summed E-state index contributed by atoms with van der Waals surface area (Å²) >= 11 is 5.89. The first-order valence-electron chi connectivity index (χ1n) is 6.63. The number of nitrogens with zero attached hydrogens (tertiary/aromatic N) is 4. The van der Waals surface area contributed by atoms with E-state index in [1.54, 1.807) is 7.11 Å². The lowest BCUT2D eigenvalue weighted by atomic mass is 10.3. The quantitative estimate of drug-likeness (QED) is 0.766. The van der Waals surface area contributed by atoms with Gasteiger partial charge < -0.3 is 9.30 Å². The molecule has 6 heteroatoms. The molecule has 0 fully saturated rings. The molecule has 2 aromatic heterocycles. The lowest BCUT2D eigenvalue weighted by Gasteiger charge is -2.17. The van der Waals surface area contributed by atoms with Gasteiger partial charge in [0.05, 0.1) is 18.3 Å². The predicted molar refractivity (Wildman–Crippen MR) is 76.9 cm³/mol. The molecule has 0 spiro atoms. The standard InChI is InChI=1S/C13H21ClN4O/c1-5-17-13-12(10(3)16-17)15-11(6-7-14)18(13)9(2)8-19-4/h9H,5-8H2,1-4H3. The largest absolute Gasteiger partial charge is 0.383 e. The lowest BCUT2D eigenvalue weighted by Crippen LogP contribution is -2.17. The first-order chi connectivity index (χ1) is 9.13. The number of aromatic nitrogens is 4. The van der Waals surface area contributed by atoms with Crippen molar-refractivity contribution in [3.05, 3.63) is 11.5 Å². The molecule has 0 N–H and O–H groups in total. The first kappa shape index (κ1) is 14.3. The second kappa shape index (κ2) is 5.92. The number of fused-ring (bicyclic) bond motifs is 1. The van der Waals surface area contributed by atoms with Gasteiger partial charge in [0, 0.05) is 26.0 Å². The van der Waals surface area contributed by atoms with E-state index in [1.807, 2.05) is 11.6 Å². The fourth-order valence-corrected chi connectivity index (χ4v) is 2.66. The third-order valence-electron chi connectivity index (χ3n) is 3.28. The number of alkyl halides is 1. The summed E-state index contributed by atoms with van der Waals surface area (Å²) < 4.78 is 9.49. The topological polar surface area (TPSA) is 44.9 Å². The zero-order chi connectivity index (χ0) is 14.0. The molecule has 5 nitrogen and oxygen atoms in total. The van der Waals surface area contributed by atoms with Gasteiger partial charge in [0.1, 0.15) is 11.3 Å². The van der Waals surface area contributed by atoms with E-state index in [0.29, 0.717) is 12.5 Å². The third kappa shape index (κ3) is 2.49. The molecule has 0 aliphatic heterocycles. The molecule has 2 aromatic rings. The van der Waals surface area contributed by atoms with E-state index in [1.165, 1.54) is 0 Å². The van der Waals surface area contributed by atoms with Crippen molar-refractivity contribution in [3.63, 3.8) is 0 Å². The molecule has 2 heterocycles. The van der Waals surface area contributed by atoms with Crippen molar-refractivity contribution >= 4 is 22.8 Å². The van der Waals surface area contributed by atoms with Gasteiger partial charge in [-0.25, -0.2) is 9.67 Å². The van der Waals surface area contributed by atoms with Gasteiger partial charge in [-0.1, -0.05) is 0 Å². The Morgan fingerprint density at radius 1 is 1.42 bits per heavy atom. The number of hydrogen-bond acceptors (Lipinski definition) is 3. The van der Waals surface area contributed by atoms with Crippen LogP contribution in [-0.4, -0.2) is 38.9 Å². The molecule has 0 aromatic carbocycles. The van der Waals surface area contributed by atoms with Gasteiger partial charge in [-0.2, -0.15) is 5.10 Å². The summed E-state index contributed by atoms with van der Waals surface area (Å²) in [5.74, 6) is 1.58. The van der Waals surface area contributed by atoms with Crippen molar-refractivity contribution in [2.45, 2.75) is 39.8 Å². The van der Waals surface area contributed by atoms with Crippen LogP contribution >= 0.6 is 11.6 Å². The molecule has 0 saturated heterocycles. The van der Waals surface area contributed by atoms with Gasteiger partial charge in [0.25, 0.3) is 0 Å². The van der Waals surface area contributed by atoms with Crippen LogP contribution in [0.3, 0.4) is 0 Å². The third-order valence-corrected chi connectivity index (χ3v) is 3.47. The van der Waals surface area contributed by atoms with Crippen LogP contribution in [0.1, 0.15) is 31.4 Å². The van der Waals surface area contributed by atoms with E-state index in [4.69, 9.17) is 21.3 Å². The predicted octanol–water partition coefficient (Wildman–Crippen LogP) is 2.55. The van der Waals surface area contributed by atoms with E-state index >= 15 is 0 Å². The second-order valence-corrected chi connectivity index (χ2v) is 5.09. The summed E-state index contributed by atoms with van der Waals surface area (Å²) in [5.41, 5.74) is 3.02. The summed E-state index contributed by atoms with van der Waals surface area (Å²) in [6, 6.07) is 0.217. The smallest absolute Gasteiger partial charge is 0.159 e. The van der Waals surface area contributed by atoms with Crippen LogP contribution < -0.4 is 0 Å². The number of ether oxygens (including phenoxy) is 1. The van der Waals surface area contributed by atoms with Gasteiger partial charge in [-0.15, -0.1) is 11.6 Å². The highest BCUT2D eigenvalue weighted by Gasteiger charge is 2.21. The number of halogens is 1. The Labute approximate surface area is 118 Å². The fourth-order valence-electron chi connectivity index (χ4n) is 2.49. The minimum absolute atomic E-state index is 0.217. The average Bonchev–Trinajstić information content (AvgIpc) is 2.88. The Hall–Kier alpha value is -1.07. The molecule has 19 heavy (non-hydrogen) atoms. The Bertz CT molecular complexity index is 560. The highest BCUT2D eigenvalue weighted by molar-refractivity contribution is 6.17. The zero-order valence-electron chi connectivity index (χ0n) is 12.0. The summed E-state index contributed by atoms with van der Waals surface area (Å²) in [6.07, 6.45) is 0.757. The molecule has 2 rings (SSSR count). The van der Waals surface area contributed by atoms with E-state index in [9.17, 15) is 0 Å². The van der Waals surface area contributed by atoms with Crippen molar-refractivity contribution in [2.24, 2.45) is 0 Å². The number of hydrogen-bond donors (Lipinski definition) is 0. The SMILES string of the molecule is CCn1nc(C)c2nc(CCCl)n(C(C)COC)c21. The summed E-state index contributed by atoms with van der Waals surface area (Å²) in [6.45, 7) is 7.69. The maximum absolute atomic E-state index is 5.89. The van der Waals surface area contributed by atoms with Crippen LogP contribution in [0.15, 0.2) is 0 Å². The van der Waals surface area contributed by atoms with Crippen molar-refractivity contribution < 1.29 is 4.74 Å². The highest BCUT2D eigenvalue weighted by Crippen LogP contribution is 2.24. The molecule has 1 atom stereocenters. The molecule has 0 amide bonds. The molecule has 0 aliphatic carbocycles. The maximum atomic E-state index is 5.89. The van der Waals surface area contributed by atoms with E-state index in [0.717, 1.165) is 35.6 Å². The van der Waals surface area contributed by atoms with Crippen LogP contribution in [0.4, 0.5) is 0 Å². The molecular weight excluding hydrogens is 264 g/mol. The van der Waals surface area contributed by atoms with Gasteiger partial charge in [-0.05, 0) is 20.8 Å². The van der Waals surface area contributed by atoms with Crippen molar-refractivity contribution in [2.75, 3.05) is 19.6 Å². The number of methoxy groups -OCH3 is 1. The summed E-state index contributed by atoms with van der Waals surface area (Å²) in [4.78, 5) is 4.71. The van der Waals surface area contributed by atoms with Gasteiger partial charge in [0.15, 0.2) is 5.65 Å². The Balaban J connectivity index is 2.63. The van der Waals surface area contributed by atoms with E-state index in [2.05, 4.69) is 23.5 Å². The molecule has 0 aliphatic rings. The highest BCUT2D eigenvalue weighted by atomic mass is 35.5. The van der Waals surface area contributed by atoms with Crippen molar-refractivity contribution in [1.82, 2.24) is 19.3 Å². The van der Waals surface area contributed by atoms with Gasteiger partial charge in [-0.3, -0.25) is 0 Å². The average molecular weight is 285 g/mol. The molecular formula is C13H21ClN4O. The second-order valence-electron chi connectivity index (χ2n) is 4.71. The Kier molecular flexibility index (Phi) is 4.47. The van der Waals surface area contributed by atoms with Crippen LogP contribution in [0.2, 0.25) is 0 Å². The van der Waals surface area contributed by atoms with Crippen LogP contribution in [-0.2, 0) is 17.7 Å². The number of rotatable bonds is 6. The normalized spacial score (nSPS) is 13.3. The Morgan fingerprint density at radius 3 is 2.74 bits per heavy atom. The molecule has 1 unspecified atom stereocenters. The van der Waals surface area contributed by atoms with Crippen LogP contribution in [0.25, 0.3) is 11.2 Å². The van der Waals surface area contributed by atoms with E-state index in [-0.39, 0.29) is 6.04 Å². The molecule has 0 radical (unpaired) electrons.